The zero-order valence-electron chi connectivity index (χ0n) is 21.2. The number of hydrogen-bond acceptors (Lipinski definition) is 9. The summed E-state index contributed by atoms with van der Waals surface area (Å²) in [4.78, 5) is 23.3. The van der Waals surface area contributed by atoms with Crippen molar-refractivity contribution in [1.82, 2.24) is 24.5 Å². The average molecular weight is 549 g/mol. The van der Waals surface area contributed by atoms with Gasteiger partial charge in [0, 0.05) is 47.1 Å². The van der Waals surface area contributed by atoms with Gasteiger partial charge in [0.15, 0.2) is 15.5 Å². The lowest BCUT2D eigenvalue weighted by molar-refractivity contribution is -0.138. The molecule has 0 aliphatic carbocycles. The Morgan fingerprint density at radius 2 is 1.79 bits per heavy atom. The van der Waals surface area contributed by atoms with Crippen LogP contribution in [0.1, 0.15) is 37.3 Å². The Bertz CT molecular complexity index is 1690. The summed E-state index contributed by atoms with van der Waals surface area (Å²) in [6.07, 6.45) is 6.85. The molecule has 2 saturated heterocycles. The molecule has 3 atom stereocenters. The summed E-state index contributed by atoms with van der Waals surface area (Å²) in [7, 11) is -3.77. The Hall–Kier alpha value is -4.03. The van der Waals surface area contributed by atoms with Gasteiger partial charge in [-0.2, -0.15) is 9.61 Å². The van der Waals surface area contributed by atoms with Gasteiger partial charge in [0.25, 0.3) is 0 Å². The van der Waals surface area contributed by atoms with E-state index in [-0.39, 0.29) is 40.4 Å². The van der Waals surface area contributed by atoms with Gasteiger partial charge in [0.2, 0.25) is 5.91 Å². The number of hydrogen-bond donors (Lipinski definition) is 3. The highest BCUT2D eigenvalue weighted by atomic mass is 32.2. The fraction of sp³-hybridized carbons (Fsp3) is 0.333. The Balaban J connectivity index is 1.46. The Morgan fingerprint density at radius 3 is 2.41 bits per heavy atom. The molecule has 4 aromatic rings. The number of nitrogen functional groups attached to an aromatic ring is 1. The number of aromatic hydroxyl groups is 1. The molecule has 4 N–H and O–H groups in total. The number of benzene rings is 1. The number of sulfone groups is 1. The summed E-state index contributed by atoms with van der Waals surface area (Å²) >= 11 is 0. The summed E-state index contributed by atoms with van der Waals surface area (Å²) in [5.41, 5.74) is 9.44. The van der Waals surface area contributed by atoms with Crippen LogP contribution in [0, 0.1) is 0 Å². The topological polar surface area (TPSA) is 164 Å². The van der Waals surface area contributed by atoms with Gasteiger partial charge in [-0.25, -0.2) is 13.4 Å². The van der Waals surface area contributed by atoms with Crippen LogP contribution in [0.15, 0.2) is 53.7 Å². The maximum atomic E-state index is 13.0. The molecule has 2 aliphatic heterocycles. The van der Waals surface area contributed by atoms with Crippen molar-refractivity contribution in [2.75, 3.05) is 18.6 Å². The second-order valence-electron chi connectivity index (χ2n) is 10.2. The molecular weight excluding hydrogens is 520 g/mol. The van der Waals surface area contributed by atoms with E-state index in [0.717, 1.165) is 24.7 Å². The van der Waals surface area contributed by atoms with Crippen molar-refractivity contribution in [2.45, 2.75) is 48.6 Å². The van der Waals surface area contributed by atoms with Crippen LogP contribution in [0.4, 0.5) is 5.82 Å². The van der Waals surface area contributed by atoms with Crippen LogP contribution >= 0.6 is 0 Å². The molecule has 0 radical (unpaired) electrons. The number of fused-ring (bicyclic) bond motifs is 3. The highest BCUT2D eigenvalue weighted by molar-refractivity contribution is 7.91. The highest BCUT2D eigenvalue weighted by Crippen LogP contribution is 2.45. The standard InChI is InChI=1S/C27H28N6O5S/c1-39(37,38)25-24(16-9-18-7-8-19(10-16)32(18)22(36)14-34)31-27-20(13-30-33(27)26(25)28)17-11-21(35)23(29-12-17)15-5-3-2-4-6-15/h2-6,11-13,16,18-19,34-35H,7-10,14,28H2,1H3/t16-,18+,19-. The van der Waals surface area contributed by atoms with E-state index in [1.54, 1.807) is 17.2 Å². The van der Waals surface area contributed by atoms with E-state index >= 15 is 0 Å². The van der Waals surface area contributed by atoms with Crippen molar-refractivity contribution >= 4 is 27.2 Å². The van der Waals surface area contributed by atoms with Crippen LogP contribution in [0.25, 0.3) is 28.0 Å². The lowest BCUT2D eigenvalue weighted by atomic mass is 9.87. The minimum absolute atomic E-state index is 0.0171. The van der Waals surface area contributed by atoms with Gasteiger partial charge in [-0.05, 0) is 31.7 Å². The van der Waals surface area contributed by atoms with Gasteiger partial charge >= 0.3 is 0 Å². The van der Waals surface area contributed by atoms with E-state index < -0.39 is 16.4 Å². The second kappa shape index (κ2) is 9.31. The van der Waals surface area contributed by atoms with Gasteiger partial charge in [0.05, 0.1) is 11.9 Å². The van der Waals surface area contributed by atoms with Crippen LogP contribution in [0.5, 0.6) is 5.75 Å². The van der Waals surface area contributed by atoms with Crippen molar-refractivity contribution in [2.24, 2.45) is 0 Å². The molecule has 6 rings (SSSR count). The predicted octanol–water partition coefficient (Wildman–Crippen LogP) is 2.38. The van der Waals surface area contributed by atoms with Crippen LogP contribution in [-0.4, -0.2) is 74.0 Å². The third kappa shape index (κ3) is 4.20. The summed E-state index contributed by atoms with van der Waals surface area (Å²) in [6, 6.07) is 10.7. The molecule has 1 amide bonds. The molecule has 2 bridgehead atoms. The molecular formula is C27H28N6O5S. The van der Waals surface area contributed by atoms with Gasteiger partial charge in [-0.15, -0.1) is 0 Å². The Morgan fingerprint density at radius 1 is 1.10 bits per heavy atom. The minimum atomic E-state index is -3.77. The van der Waals surface area contributed by atoms with E-state index in [1.165, 1.54) is 10.7 Å². The highest BCUT2D eigenvalue weighted by Gasteiger charge is 2.45. The first-order chi connectivity index (χ1) is 18.7. The van der Waals surface area contributed by atoms with Crippen molar-refractivity contribution < 1.29 is 23.4 Å². The fourth-order valence-corrected chi connectivity index (χ4v) is 7.24. The molecule has 12 heteroatoms. The van der Waals surface area contributed by atoms with Crippen LogP contribution in [0.3, 0.4) is 0 Å². The molecule has 2 fully saturated rings. The predicted molar refractivity (Wildman–Crippen MR) is 144 cm³/mol. The zero-order chi connectivity index (χ0) is 27.5. The normalized spacial score (nSPS) is 21.0. The van der Waals surface area contributed by atoms with E-state index in [0.29, 0.717) is 41.0 Å². The minimum Gasteiger partial charge on any atom is -0.506 e. The first-order valence-electron chi connectivity index (χ1n) is 12.7. The van der Waals surface area contributed by atoms with E-state index in [1.807, 2.05) is 30.3 Å². The second-order valence-corrected chi connectivity index (χ2v) is 12.2. The Kier molecular flexibility index (Phi) is 6.03. The number of aliphatic hydroxyl groups is 1. The van der Waals surface area contributed by atoms with E-state index in [4.69, 9.17) is 10.7 Å². The number of piperidine rings is 1. The number of carbonyl (C=O) groups excluding carboxylic acids is 1. The molecule has 11 nitrogen and oxygen atoms in total. The molecule has 1 aromatic carbocycles. The van der Waals surface area contributed by atoms with E-state index in [9.17, 15) is 23.4 Å². The van der Waals surface area contributed by atoms with Crippen LogP contribution < -0.4 is 5.73 Å². The third-order valence-corrected chi connectivity index (χ3v) is 8.96. The summed E-state index contributed by atoms with van der Waals surface area (Å²) in [6.45, 7) is -0.549. The molecule has 0 unspecified atom stereocenters. The number of nitrogens with zero attached hydrogens (tertiary/aromatic N) is 5. The van der Waals surface area contributed by atoms with Crippen molar-refractivity contribution in [3.63, 3.8) is 0 Å². The quantitative estimate of drug-likeness (QED) is 0.340. The lowest BCUT2D eigenvalue weighted by Crippen LogP contribution is -2.47. The maximum Gasteiger partial charge on any atom is 0.248 e. The number of pyridine rings is 1. The number of carbonyl (C=O) groups is 1. The number of aliphatic hydroxyl groups excluding tert-OH is 1. The van der Waals surface area contributed by atoms with Crippen molar-refractivity contribution in [3.05, 3.63) is 54.5 Å². The molecule has 39 heavy (non-hydrogen) atoms. The molecule has 3 aromatic heterocycles. The van der Waals surface area contributed by atoms with Gasteiger partial charge in [-0.3, -0.25) is 9.78 Å². The third-order valence-electron chi connectivity index (χ3n) is 7.80. The molecule has 0 saturated carbocycles. The number of nitrogens with two attached hydrogens (primary N) is 1. The van der Waals surface area contributed by atoms with Crippen molar-refractivity contribution in [3.8, 4) is 28.1 Å². The van der Waals surface area contributed by atoms with Crippen molar-refractivity contribution in [1.29, 1.82) is 0 Å². The summed E-state index contributed by atoms with van der Waals surface area (Å²) < 4.78 is 27.2. The van der Waals surface area contributed by atoms with E-state index in [2.05, 4.69) is 10.1 Å². The Labute approximate surface area is 224 Å². The number of aromatic nitrogens is 4. The average Bonchev–Trinajstić information content (AvgIpc) is 3.46. The lowest BCUT2D eigenvalue weighted by Gasteiger charge is -2.39. The van der Waals surface area contributed by atoms with Gasteiger partial charge < -0.3 is 20.8 Å². The molecule has 2 aliphatic rings. The summed E-state index contributed by atoms with van der Waals surface area (Å²) in [5.74, 6) is -0.618. The largest absolute Gasteiger partial charge is 0.506 e. The van der Waals surface area contributed by atoms with Gasteiger partial charge in [-0.1, -0.05) is 30.3 Å². The number of amides is 1. The maximum absolute atomic E-state index is 13.0. The summed E-state index contributed by atoms with van der Waals surface area (Å²) in [5, 5.41) is 24.5. The first kappa shape index (κ1) is 25.3. The fourth-order valence-electron chi connectivity index (χ4n) is 6.19. The molecule has 0 spiro atoms. The smallest absolute Gasteiger partial charge is 0.248 e. The molecule has 5 heterocycles. The van der Waals surface area contributed by atoms with Gasteiger partial charge in [0.1, 0.15) is 28.8 Å². The molecule has 202 valence electrons. The SMILES string of the molecule is CS(=O)(=O)c1c([C@H]2C[C@H]3CC[C@@H](C2)N3C(=O)CO)nc2c(-c3cnc(-c4ccccc4)c(O)c3)cnn2c1N. The number of rotatable bonds is 5. The first-order valence-corrected chi connectivity index (χ1v) is 14.6. The monoisotopic (exact) mass is 548 g/mol. The van der Waals surface area contributed by atoms with Crippen LogP contribution in [-0.2, 0) is 14.6 Å². The van der Waals surface area contributed by atoms with Crippen LogP contribution in [0.2, 0.25) is 0 Å². The zero-order valence-corrected chi connectivity index (χ0v) is 22.0. The number of anilines is 1.